The third-order valence-corrected chi connectivity index (χ3v) is 9.09. The Morgan fingerprint density at radius 3 is 2.61 bits per heavy atom. The second-order valence-corrected chi connectivity index (χ2v) is 12.0. The van der Waals surface area contributed by atoms with E-state index in [4.69, 9.17) is 15.9 Å². The number of nitriles is 2. The van der Waals surface area contributed by atoms with Crippen LogP contribution in [-0.2, 0) is 12.8 Å². The minimum absolute atomic E-state index is 0.0377. The smallest absolute Gasteiger partial charge is 0.268 e. The van der Waals surface area contributed by atoms with Gasteiger partial charge in [-0.3, -0.25) is 4.79 Å². The molecule has 5 rings (SSSR count). The third kappa shape index (κ3) is 3.79. The van der Waals surface area contributed by atoms with Gasteiger partial charge in [-0.25, -0.2) is 4.98 Å². The SMILES string of the molecule is CC(C)(C)C1CCc2c(sc(NC(=O)c3sc4nc(N)c(C#N)c(-c5ccco5)c4c3N)c2C#N)C1. The quantitative estimate of drug-likeness (QED) is 0.305. The number of hydrogen-bond donors (Lipinski definition) is 3. The molecule has 1 amide bonds. The van der Waals surface area contributed by atoms with E-state index in [9.17, 15) is 15.3 Å². The molecule has 182 valence electrons. The van der Waals surface area contributed by atoms with Gasteiger partial charge in [0.05, 0.1) is 23.1 Å². The lowest BCUT2D eigenvalue weighted by Crippen LogP contribution is -2.26. The number of nitrogens with one attached hydrogen (secondary N) is 1. The normalized spacial score (nSPS) is 15.3. The molecular formula is C26H24N6O2S2. The van der Waals surface area contributed by atoms with Gasteiger partial charge in [0.2, 0.25) is 0 Å². The second kappa shape index (κ2) is 8.66. The molecule has 5 N–H and O–H groups in total. The molecule has 0 aromatic carbocycles. The van der Waals surface area contributed by atoms with Crippen LogP contribution < -0.4 is 16.8 Å². The van der Waals surface area contributed by atoms with E-state index in [-0.39, 0.29) is 27.4 Å². The summed E-state index contributed by atoms with van der Waals surface area (Å²) in [5.41, 5.74) is 15.0. The Kier molecular flexibility index (Phi) is 5.74. The highest BCUT2D eigenvalue weighted by Gasteiger charge is 2.33. The van der Waals surface area contributed by atoms with Gasteiger partial charge in [0.1, 0.15) is 44.0 Å². The second-order valence-electron chi connectivity index (χ2n) is 9.94. The fourth-order valence-corrected chi connectivity index (χ4v) is 7.09. The van der Waals surface area contributed by atoms with Crippen LogP contribution in [0.5, 0.6) is 0 Å². The molecule has 0 spiro atoms. The van der Waals surface area contributed by atoms with Crippen molar-refractivity contribution in [3.8, 4) is 23.5 Å². The fraction of sp³-hybridized carbons (Fsp3) is 0.308. The number of amides is 1. The number of carbonyl (C=O) groups excluding carboxylic acids is 1. The molecule has 8 nitrogen and oxygen atoms in total. The van der Waals surface area contributed by atoms with Gasteiger partial charge in [0.15, 0.2) is 0 Å². The molecule has 10 heteroatoms. The van der Waals surface area contributed by atoms with Gasteiger partial charge < -0.3 is 21.2 Å². The average Bonchev–Trinajstić information content (AvgIpc) is 3.54. The molecule has 0 bridgehead atoms. The van der Waals surface area contributed by atoms with Gasteiger partial charge in [0, 0.05) is 10.3 Å². The van der Waals surface area contributed by atoms with Gasteiger partial charge in [-0.15, -0.1) is 22.7 Å². The van der Waals surface area contributed by atoms with Crippen molar-refractivity contribution in [2.24, 2.45) is 11.3 Å². The van der Waals surface area contributed by atoms with Crippen LogP contribution in [0.15, 0.2) is 22.8 Å². The van der Waals surface area contributed by atoms with E-state index in [0.29, 0.717) is 38.0 Å². The lowest BCUT2D eigenvalue weighted by Gasteiger charge is -2.33. The van der Waals surface area contributed by atoms with E-state index >= 15 is 0 Å². The highest BCUT2D eigenvalue weighted by molar-refractivity contribution is 7.21. The number of nitrogens with zero attached hydrogens (tertiary/aromatic N) is 3. The number of nitrogen functional groups attached to an aromatic ring is 2. The molecule has 1 atom stereocenters. The van der Waals surface area contributed by atoms with Crippen molar-refractivity contribution in [3.63, 3.8) is 0 Å². The van der Waals surface area contributed by atoms with Gasteiger partial charge in [-0.05, 0) is 48.3 Å². The minimum atomic E-state index is -0.430. The zero-order chi connectivity index (χ0) is 25.8. The number of pyridine rings is 1. The van der Waals surface area contributed by atoms with Gasteiger partial charge in [0.25, 0.3) is 5.91 Å². The maximum absolute atomic E-state index is 13.4. The average molecular weight is 517 g/mol. The molecule has 0 saturated carbocycles. The van der Waals surface area contributed by atoms with E-state index < -0.39 is 5.91 Å². The minimum Gasteiger partial charge on any atom is -0.464 e. The van der Waals surface area contributed by atoms with Crippen LogP contribution in [0.25, 0.3) is 21.5 Å². The van der Waals surface area contributed by atoms with Crippen LogP contribution in [0.3, 0.4) is 0 Å². The molecule has 4 heterocycles. The van der Waals surface area contributed by atoms with Crippen LogP contribution in [0.2, 0.25) is 0 Å². The summed E-state index contributed by atoms with van der Waals surface area (Å²) in [6.07, 6.45) is 4.22. The van der Waals surface area contributed by atoms with E-state index in [0.717, 1.165) is 41.0 Å². The standard InChI is InChI=1S/C26H24N6O2S2/c1-26(2,3)12-6-7-13-14(10-27)24(35-17(13)9-12)32-23(33)21-20(29)19-18(16-5-4-8-34-16)15(11-28)22(30)31-25(19)36-21/h4-5,8,12H,6-7,9,29H2,1-3H3,(H2,30,31)(H,32,33). The molecule has 4 aromatic heterocycles. The van der Waals surface area contributed by atoms with E-state index in [2.05, 4.69) is 43.2 Å². The Morgan fingerprint density at radius 2 is 1.97 bits per heavy atom. The van der Waals surface area contributed by atoms with Crippen LogP contribution in [0, 0.1) is 34.0 Å². The van der Waals surface area contributed by atoms with Crippen LogP contribution in [-0.4, -0.2) is 10.9 Å². The first-order valence-corrected chi connectivity index (χ1v) is 13.1. The third-order valence-electron chi connectivity index (χ3n) is 6.82. The van der Waals surface area contributed by atoms with Crippen molar-refractivity contribution in [1.29, 1.82) is 10.5 Å². The highest BCUT2D eigenvalue weighted by atomic mass is 32.1. The number of thiophene rings is 2. The number of rotatable bonds is 3. The molecule has 0 saturated heterocycles. The predicted octanol–water partition coefficient (Wildman–Crippen LogP) is 5.93. The van der Waals surface area contributed by atoms with Crippen molar-refractivity contribution in [1.82, 2.24) is 4.98 Å². The molecule has 1 aliphatic carbocycles. The predicted molar refractivity (Wildman–Crippen MR) is 143 cm³/mol. The summed E-state index contributed by atoms with van der Waals surface area (Å²) in [6, 6.07) is 7.77. The Morgan fingerprint density at radius 1 is 1.22 bits per heavy atom. The first-order valence-electron chi connectivity index (χ1n) is 11.4. The largest absolute Gasteiger partial charge is 0.464 e. The maximum atomic E-state index is 13.4. The first kappa shape index (κ1) is 23.9. The zero-order valence-electron chi connectivity index (χ0n) is 20.1. The Balaban J connectivity index is 1.55. The van der Waals surface area contributed by atoms with Crippen LogP contribution in [0.4, 0.5) is 16.5 Å². The summed E-state index contributed by atoms with van der Waals surface area (Å²) >= 11 is 2.56. The molecule has 4 aromatic rings. The number of nitrogens with two attached hydrogens (primary N) is 2. The molecule has 0 radical (unpaired) electrons. The number of hydrogen-bond acceptors (Lipinski definition) is 9. The Bertz CT molecular complexity index is 1590. The number of furan rings is 1. The summed E-state index contributed by atoms with van der Waals surface area (Å²) in [4.78, 5) is 19.6. The summed E-state index contributed by atoms with van der Waals surface area (Å²) in [5.74, 6) is 0.534. The molecule has 1 aliphatic rings. The maximum Gasteiger partial charge on any atom is 0.268 e. The summed E-state index contributed by atoms with van der Waals surface area (Å²) in [5, 5.41) is 23.5. The molecular weight excluding hydrogens is 492 g/mol. The van der Waals surface area contributed by atoms with Crippen molar-refractivity contribution in [3.05, 3.63) is 44.8 Å². The summed E-state index contributed by atoms with van der Waals surface area (Å²) in [7, 11) is 0. The number of anilines is 3. The van der Waals surface area contributed by atoms with Crippen molar-refractivity contribution in [2.75, 3.05) is 16.8 Å². The summed E-state index contributed by atoms with van der Waals surface area (Å²) < 4.78 is 5.53. The van der Waals surface area contributed by atoms with E-state index in [1.165, 1.54) is 17.6 Å². The molecule has 36 heavy (non-hydrogen) atoms. The Labute approximate surface area is 216 Å². The van der Waals surface area contributed by atoms with Crippen molar-refractivity contribution >= 4 is 55.3 Å². The van der Waals surface area contributed by atoms with E-state index in [1.807, 2.05) is 0 Å². The monoisotopic (exact) mass is 516 g/mol. The van der Waals surface area contributed by atoms with Crippen molar-refractivity contribution < 1.29 is 9.21 Å². The molecule has 1 unspecified atom stereocenters. The number of fused-ring (bicyclic) bond motifs is 2. The Hall–Kier alpha value is -3.86. The summed E-state index contributed by atoms with van der Waals surface area (Å²) in [6.45, 7) is 6.72. The van der Waals surface area contributed by atoms with Crippen molar-refractivity contribution in [2.45, 2.75) is 40.0 Å². The van der Waals surface area contributed by atoms with Crippen LogP contribution in [0.1, 0.15) is 58.4 Å². The first-order chi connectivity index (χ1) is 17.1. The van der Waals surface area contributed by atoms with Gasteiger partial charge in [-0.1, -0.05) is 20.8 Å². The number of aromatic nitrogens is 1. The highest BCUT2D eigenvalue weighted by Crippen LogP contribution is 2.46. The molecule has 0 fully saturated rings. The van der Waals surface area contributed by atoms with Gasteiger partial charge in [-0.2, -0.15) is 10.5 Å². The fourth-order valence-electron chi connectivity index (χ4n) is 4.81. The topological polar surface area (TPSA) is 155 Å². The van der Waals surface area contributed by atoms with Crippen LogP contribution >= 0.6 is 22.7 Å². The lowest BCUT2D eigenvalue weighted by molar-refractivity contribution is 0.103. The van der Waals surface area contributed by atoms with E-state index in [1.54, 1.807) is 12.1 Å². The molecule has 0 aliphatic heterocycles. The lowest BCUT2D eigenvalue weighted by atomic mass is 9.72. The zero-order valence-corrected chi connectivity index (χ0v) is 21.7. The number of carbonyl (C=O) groups is 1. The van der Waals surface area contributed by atoms with Gasteiger partial charge >= 0.3 is 0 Å².